The molecule has 3 rings (SSSR count). The molecule has 0 aromatic heterocycles. The molecular formula is C22H27ClN2O4. The number of halogens is 1. The molecule has 156 valence electrons. The third kappa shape index (κ3) is 5.34. The van der Waals surface area contributed by atoms with E-state index in [1.54, 1.807) is 6.07 Å². The third-order valence-electron chi connectivity index (χ3n) is 4.88. The van der Waals surface area contributed by atoms with Gasteiger partial charge in [-0.25, -0.2) is 0 Å². The maximum Gasteiger partial charge on any atom is 0.254 e. The van der Waals surface area contributed by atoms with Gasteiger partial charge in [-0.3, -0.25) is 9.69 Å². The molecule has 1 amide bonds. The van der Waals surface area contributed by atoms with E-state index >= 15 is 0 Å². The zero-order valence-electron chi connectivity index (χ0n) is 16.9. The quantitative estimate of drug-likeness (QED) is 0.741. The summed E-state index contributed by atoms with van der Waals surface area (Å²) >= 11 is 6.06. The van der Waals surface area contributed by atoms with E-state index in [2.05, 4.69) is 17.0 Å². The van der Waals surface area contributed by atoms with Crippen molar-refractivity contribution in [3.8, 4) is 17.2 Å². The van der Waals surface area contributed by atoms with Crippen LogP contribution in [-0.4, -0.2) is 60.2 Å². The molecule has 1 N–H and O–H groups in total. The Morgan fingerprint density at radius 3 is 2.31 bits per heavy atom. The van der Waals surface area contributed by atoms with Gasteiger partial charge in [0.05, 0.1) is 18.2 Å². The van der Waals surface area contributed by atoms with Crippen LogP contribution in [0.5, 0.6) is 17.2 Å². The van der Waals surface area contributed by atoms with Crippen molar-refractivity contribution < 1.29 is 19.4 Å². The summed E-state index contributed by atoms with van der Waals surface area (Å²) in [5.74, 6) is 0.877. The number of amides is 1. The Hall–Kier alpha value is -2.44. The van der Waals surface area contributed by atoms with Gasteiger partial charge in [-0.05, 0) is 43.7 Å². The second-order valence-corrected chi connectivity index (χ2v) is 7.29. The first-order valence-electron chi connectivity index (χ1n) is 9.90. The van der Waals surface area contributed by atoms with Gasteiger partial charge in [-0.2, -0.15) is 0 Å². The standard InChI is InChI=1S/C22H27ClN2O4/c1-3-28-18-7-5-16(6-8-18)15-24-9-11-25(12-10-24)22(27)17-13-19(23)21(26)20(14-17)29-4-2/h5-8,13-14,26H,3-4,9-12,15H2,1-2H3. The van der Waals surface area contributed by atoms with E-state index in [0.717, 1.165) is 25.4 Å². The van der Waals surface area contributed by atoms with Crippen LogP contribution in [0.4, 0.5) is 0 Å². The molecule has 0 radical (unpaired) electrons. The Morgan fingerprint density at radius 2 is 1.69 bits per heavy atom. The molecule has 6 nitrogen and oxygen atoms in total. The van der Waals surface area contributed by atoms with Gasteiger partial charge in [0.25, 0.3) is 5.91 Å². The number of nitrogens with zero attached hydrogens (tertiary/aromatic N) is 2. The van der Waals surface area contributed by atoms with Crippen LogP contribution < -0.4 is 9.47 Å². The van der Waals surface area contributed by atoms with E-state index in [0.29, 0.717) is 31.9 Å². The number of hydrogen-bond donors (Lipinski definition) is 1. The van der Waals surface area contributed by atoms with Gasteiger partial charge in [0.2, 0.25) is 0 Å². The van der Waals surface area contributed by atoms with E-state index in [4.69, 9.17) is 21.1 Å². The fraction of sp³-hybridized carbons (Fsp3) is 0.409. The molecule has 0 bridgehead atoms. The Labute approximate surface area is 176 Å². The molecule has 0 saturated carbocycles. The molecule has 1 aliphatic rings. The first-order valence-corrected chi connectivity index (χ1v) is 10.3. The van der Waals surface area contributed by atoms with Crippen LogP contribution >= 0.6 is 11.6 Å². The Bertz CT molecular complexity index is 833. The molecule has 2 aromatic carbocycles. The van der Waals surface area contributed by atoms with Crippen molar-refractivity contribution in [3.63, 3.8) is 0 Å². The van der Waals surface area contributed by atoms with Crippen molar-refractivity contribution in [1.82, 2.24) is 9.80 Å². The van der Waals surface area contributed by atoms with Gasteiger partial charge in [-0.1, -0.05) is 23.7 Å². The molecule has 2 aromatic rings. The van der Waals surface area contributed by atoms with Crippen molar-refractivity contribution >= 4 is 17.5 Å². The molecule has 0 spiro atoms. The molecule has 0 unspecified atom stereocenters. The van der Waals surface area contributed by atoms with Crippen molar-refractivity contribution in [2.24, 2.45) is 0 Å². The van der Waals surface area contributed by atoms with Crippen LogP contribution in [0.1, 0.15) is 29.8 Å². The second kappa shape index (κ2) is 9.85. The summed E-state index contributed by atoms with van der Waals surface area (Å²) in [7, 11) is 0. The molecule has 7 heteroatoms. The average Bonchev–Trinajstić information content (AvgIpc) is 2.73. The maximum atomic E-state index is 12.9. The van der Waals surface area contributed by atoms with Crippen LogP contribution in [0.3, 0.4) is 0 Å². The van der Waals surface area contributed by atoms with Gasteiger partial charge in [0, 0.05) is 38.3 Å². The normalized spacial score (nSPS) is 14.7. The molecule has 1 saturated heterocycles. The molecule has 1 fully saturated rings. The fourth-order valence-electron chi connectivity index (χ4n) is 3.37. The lowest BCUT2D eigenvalue weighted by Crippen LogP contribution is -2.48. The number of benzene rings is 2. The van der Waals surface area contributed by atoms with Crippen LogP contribution in [-0.2, 0) is 6.54 Å². The lowest BCUT2D eigenvalue weighted by atomic mass is 10.1. The minimum Gasteiger partial charge on any atom is -0.503 e. The Kier molecular flexibility index (Phi) is 7.23. The minimum absolute atomic E-state index is 0.103. The van der Waals surface area contributed by atoms with E-state index in [1.807, 2.05) is 30.9 Å². The predicted molar refractivity (Wildman–Crippen MR) is 113 cm³/mol. The van der Waals surface area contributed by atoms with E-state index < -0.39 is 0 Å². The number of phenols is 1. The number of rotatable bonds is 7. The smallest absolute Gasteiger partial charge is 0.254 e. The number of ether oxygens (including phenoxy) is 2. The number of aromatic hydroxyl groups is 1. The molecule has 29 heavy (non-hydrogen) atoms. The van der Waals surface area contributed by atoms with Crippen LogP contribution in [0, 0.1) is 0 Å². The highest BCUT2D eigenvalue weighted by Gasteiger charge is 2.24. The average molecular weight is 419 g/mol. The fourth-order valence-corrected chi connectivity index (χ4v) is 3.58. The summed E-state index contributed by atoms with van der Waals surface area (Å²) in [6.45, 7) is 8.53. The molecule has 0 aliphatic carbocycles. The number of hydrogen-bond acceptors (Lipinski definition) is 5. The SMILES string of the molecule is CCOc1ccc(CN2CCN(C(=O)c3cc(Cl)c(O)c(OCC)c3)CC2)cc1. The summed E-state index contributed by atoms with van der Waals surface area (Å²) in [4.78, 5) is 17.0. The summed E-state index contributed by atoms with van der Waals surface area (Å²) in [6, 6.07) is 11.2. The number of piperazine rings is 1. The summed E-state index contributed by atoms with van der Waals surface area (Å²) in [5, 5.41) is 10.1. The Morgan fingerprint density at radius 1 is 1.03 bits per heavy atom. The first kappa shape index (κ1) is 21.3. The summed E-state index contributed by atoms with van der Waals surface area (Å²) in [5.41, 5.74) is 1.65. The zero-order chi connectivity index (χ0) is 20.8. The predicted octanol–water partition coefficient (Wildman–Crippen LogP) is 3.80. The second-order valence-electron chi connectivity index (χ2n) is 6.88. The molecule has 1 heterocycles. The number of carbonyl (C=O) groups is 1. The largest absolute Gasteiger partial charge is 0.503 e. The van der Waals surface area contributed by atoms with Crippen LogP contribution in [0.25, 0.3) is 0 Å². The van der Waals surface area contributed by atoms with Crippen molar-refractivity contribution in [1.29, 1.82) is 0 Å². The van der Waals surface area contributed by atoms with Gasteiger partial charge in [0.1, 0.15) is 5.75 Å². The highest BCUT2D eigenvalue weighted by atomic mass is 35.5. The van der Waals surface area contributed by atoms with E-state index in [1.165, 1.54) is 11.6 Å². The van der Waals surface area contributed by atoms with Gasteiger partial charge in [0.15, 0.2) is 11.5 Å². The van der Waals surface area contributed by atoms with Crippen LogP contribution in [0.15, 0.2) is 36.4 Å². The number of phenolic OH excluding ortho intramolecular Hbond substituents is 1. The van der Waals surface area contributed by atoms with Crippen molar-refractivity contribution in [2.45, 2.75) is 20.4 Å². The summed E-state index contributed by atoms with van der Waals surface area (Å²) < 4.78 is 10.9. The minimum atomic E-state index is -0.134. The van der Waals surface area contributed by atoms with E-state index in [-0.39, 0.29) is 22.4 Å². The van der Waals surface area contributed by atoms with Crippen molar-refractivity contribution in [2.75, 3.05) is 39.4 Å². The lowest BCUT2D eigenvalue weighted by molar-refractivity contribution is 0.0628. The highest BCUT2D eigenvalue weighted by molar-refractivity contribution is 6.32. The zero-order valence-corrected chi connectivity index (χ0v) is 17.6. The first-order chi connectivity index (χ1) is 14.0. The topological polar surface area (TPSA) is 62.2 Å². The molecule has 1 aliphatic heterocycles. The third-order valence-corrected chi connectivity index (χ3v) is 5.16. The van der Waals surface area contributed by atoms with E-state index in [9.17, 15) is 9.90 Å². The maximum absolute atomic E-state index is 12.9. The van der Waals surface area contributed by atoms with Gasteiger partial charge in [-0.15, -0.1) is 0 Å². The summed E-state index contributed by atoms with van der Waals surface area (Å²) in [6.07, 6.45) is 0. The van der Waals surface area contributed by atoms with Gasteiger partial charge < -0.3 is 19.5 Å². The molecular weight excluding hydrogens is 392 g/mol. The lowest BCUT2D eigenvalue weighted by Gasteiger charge is -2.35. The van der Waals surface area contributed by atoms with Crippen LogP contribution in [0.2, 0.25) is 5.02 Å². The monoisotopic (exact) mass is 418 g/mol. The van der Waals surface area contributed by atoms with Gasteiger partial charge >= 0.3 is 0 Å². The number of carbonyl (C=O) groups excluding carboxylic acids is 1. The van der Waals surface area contributed by atoms with Crippen molar-refractivity contribution in [3.05, 3.63) is 52.5 Å². The highest BCUT2D eigenvalue weighted by Crippen LogP contribution is 2.35. The Balaban J connectivity index is 1.58. The molecule has 0 atom stereocenters.